The standard InChI is InChI=1S/C16H20N4O2/c1-12(19-6-8-20(9-7-19)13(2)21)16(22)18-15-5-3-4-14(10-15)11-17/h3-5,10,12H,6-9H2,1-2H3,(H,18,22). The molecule has 1 aromatic carbocycles. The summed E-state index contributed by atoms with van der Waals surface area (Å²) in [5.41, 5.74) is 1.14. The quantitative estimate of drug-likeness (QED) is 0.905. The van der Waals surface area contributed by atoms with Gasteiger partial charge in [0, 0.05) is 38.8 Å². The fraction of sp³-hybridized carbons (Fsp3) is 0.438. The summed E-state index contributed by atoms with van der Waals surface area (Å²) in [7, 11) is 0. The molecule has 0 aliphatic carbocycles. The van der Waals surface area contributed by atoms with Crippen molar-refractivity contribution >= 4 is 17.5 Å². The third-order valence-electron chi connectivity index (χ3n) is 3.95. The second-order valence-corrected chi connectivity index (χ2v) is 5.40. The van der Waals surface area contributed by atoms with Gasteiger partial charge in [-0.15, -0.1) is 0 Å². The highest BCUT2D eigenvalue weighted by molar-refractivity contribution is 5.94. The Kier molecular flexibility index (Phi) is 5.12. The molecule has 0 spiro atoms. The molecule has 0 radical (unpaired) electrons. The van der Waals surface area contributed by atoms with Crippen LogP contribution < -0.4 is 5.32 Å². The van der Waals surface area contributed by atoms with Gasteiger partial charge in [0.05, 0.1) is 17.7 Å². The molecule has 1 unspecified atom stereocenters. The molecule has 1 saturated heterocycles. The van der Waals surface area contributed by atoms with Gasteiger partial charge in [-0.25, -0.2) is 0 Å². The van der Waals surface area contributed by atoms with E-state index in [0.717, 1.165) is 0 Å². The molecule has 2 amide bonds. The van der Waals surface area contributed by atoms with Crippen molar-refractivity contribution in [2.24, 2.45) is 0 Å². The highest BCUT2D eigenvalue weighted by atomic mass is 16.2. The zero-order chi connectivity index (χ0) is 16.1. The van der Waals surface area contributed by atoms with Gasteiger partial charge in [0.25, 0.3) is 0 Å². The zero-order valence-corrected chi connectivity index (χ0v) is 12.9. The second-order valence-electron chi connectivity index (χ2n) is 5.40. The second kappa shape index (κ2) is 7.05. The Morgan fingerprint density at radius 1 is 1.27 bits per heavy atom. The molecule has 6 nitrogen and oxygen atoms in total. The minimum absolute atomic E-state index is 0.0741. The van der Waals surface area contributed by atoms with Crippen LogP contribution in [0, 0.1) is 11.3 Å². The van der Waals surface area contributed by atoms with Crippen LogP contribution in [0.3, 0.4) is 0 Å². The molecular weight excluding hydrogens is 280 g/mol. The van der Waals surface area contributed by atoms with E-state index in [2.05, 4.69) is 10.2 Å². The average Bonchev–Trinajstić information content (AvgIpc) is 2.54. The molecule has 1 N–H and O–H groups in total. The van der Waals surface area contributed by atoms with E-state index in [1.165, 1.54) is 0 Å². The van der Waals surface area contributed by atoms with E-state index in [1.807, 2.05) is 13.0 Å². The van der Waals surface area contributed by atoms with Crippen molar-refractivity contribution in [2.45, 2.75) is 19.9 Å². The van der Waals surface area contributed by atoms with Crippen LogP contribution >= 0.6 is 0 Å². The van der Waals surface area contributed by atoms with Gasteiger partial charge >= 0.3 is 0 Å². The minimum Gasteiger partial charge on any atom is -0.340 e. The van der Waals surface area contributed by atoms with E-state index in [0.29, 0.717) is 37.4 Å². The van der Waals surface area contributed by atoms with E-state index < -0.39 is 0 Å². The molecule has 1 aromatic rings. The first-order chi connectivity index (χ1) is 10.5. The number of rotatable bonds is 3. The van der Waals surface area contributed by atoms with Crippen molar-refractivity contribution in [3.05, 3.63) is 29.8 Å². The maximum atomic E-state index is 12.3. The first kappa shape index (κ1) is 16.0. The highest BCUT2D eigenvalue weighted by Gasteiger charge is 2.26. The van der Waals surface area contributed by atoms with Crippen LogP contribution in [-0.4, -0.2) is 53.8 Å². The Hall–Kier alpha value is -2.39. The molecule has 116 valence electrons. The van der Waals surface area contributed by atoms with Crippen molar-refractivity contribution in [1.82, 2.24) is 9.80 Å². The highest BCUT2D eigenvalue weighted by Crippen LogP contribution is 2.12. The lowest BCUT2D eigenvalue weighted by atomic mass is 10.2. The zero-order valence-electron chi connectivity index (χ0n) is 12.9. The molecule has 6 heteroatoms. The van der Waals surface area contributed by atoms with Crippen LogP contribution in [0.1, 0.15) is 19.4 Å². The summed E-state index contributed by atoms with van der Waals surface area (Å²) in [5.74, 6) is -0.0311. The Balaban J connectivity index is 1.92. The number of hydrogen-bond donors (Lipinski definition) is 1. The van der Waals surface area contributed by atoms with Crippen LogP contribution in [0.25, 0.3) is 0 Å². The van der Waals surface area contributed by atoms with Gasteiger partial charge in [0.1, 0.15) is 0 Å². The topological polar surface area (TPSA) is 76.4 Å². The number of nitrogens with one attached hydrogen (secondary N) is 1. The van der Waals surface area contributed by atoms with Crippen LogP contribution in [0.15, 0.2) is 24.3 Å². The summed E-state index contributed by atoms with van der Waals surface area (Å²) in [6.45, 7) is 6.09. The largest absolute Gasteiger partial charge is 0.340 e. The third-order valence-corrected chi connectivity index (χ3v) is 3.95. The fourth-order valence-electron chi connectivity index (χ4n) is 2.50. The summed E-state index contributed by atoms with van der Waals surface area (Å²) < 4.78 is 0. The van der Waals surface area contributed by atoms with Crippen LogP contribution in [0.2, 0.25) is 0 Å². The summed E-state index contributed by atoms with van der Waals surface area (Å²) in [5, 5.41) is 11.7. The smallest absolute Gasteiger partial charge is 0.241 e. The molecule has 22 heavy (non-hydrogen) atoms. The predicted molar refractivity (Wildman–Crippen MR) is 83.1 cm³/mol. The van der Waals surface area contributed by atoms with E-state index in [1.54, 1.807) is 36.1 Å². The Bertz CT molecular complexity index is 600. The summed E-state index contributed by atoms with van der Waals surface area (Å²) in [4.78, 5) is 27.5. The number of amides is 2. The van der Waals surface area contributed by atoms with Gasteiger partial charge in [-0.1, -0.05) is 6.07 Å². The van der Waals surface area contributed by atoms with Gasteiger partial charge < -0.3 is 10.2 Å². The number of piperazine rings is 1. The molecule has 1 aliphatic rings. The van der Waals surface area contributed by atoms with Crippen LogP contribution in [0.4, 0.5) is 5.69 Å². The average molecular weight is 300 g/mol. The summed E-state index contributed by atoms with van der Waals surface area (Å²) in [6, 6.07) is 8.62. The Morgan fingerprint density at radius 3 is 2.55 bits per heavy atom. The number of hydrogen-bond acceptors (Lipinski definition) is 4. The molecule has 1 fully saturated rings. The number of carbonyl (C=O) groups is 2. The molecule has 2 rings (SSSR count). The maximum Gasteiger partial charge on any atom is 0.241 e. The number of benzene rings is 1. The first-order valence-electron chi connectivity index (χ1n) is 7.32. The van der Waals surface area contributed by atoms with Gasteiger partial charge in [-0.05, 0) is 25.1 Å². The molecule has 0 bridgehead atoms. The lowest BCUT2D eigenvalue weighted by Crippen LogP contribution is -2.53. The number of nitriles is 1. The van der Waals surface area contributed by atoms with E-state index >= 15 is 0 Å². The summed E-state index contributed by atoms with van der Waals surface area (Å²) >= 11 is 0. The van der Waals surface area contributed by atoms with Crippen LogP contribution in [-0.2, 0) is 9.59 Å². The van der Waals surface area contributed by atoms with Crippen molar-refractivity contribution in [3.63, 3.8) is 0 Å². The minimum atomic E-state index is -0.278. The van der Waals surface area contributed by atoms with Crippen molar-refractivity contribution in [3.8, 4) is 6.07 Å². The van der Waals surface area contributed by atoms with Crippen molar-refractivity contribution < 1.29 is 9.59 Å². The van der Waals surface area contributed by atoms with Gasteiger partial charge in [0.2, 0.25) is 11.8 Å². The number of anilines is 1. The number of nitrogens with zero attached hydrogens (tertiary/aromatic N) is 3. The lowest BCUT2D eigenvalue weighted by Gasteiger charge is -2.37. The predicted octanol–water partition coefficient (Wildman–Crippen LogP) is 1.05. The van der Waals surface area contributed by atoms with E-state index in [-0.39, 0.29) is 17.9 Å². The monoisotopic (exact) mass is 300 g/mol. The van der Waals surface area contributed by atoms with Crippen LogP contribution in [0.5, 0.6) is 0 Å². The van der Waals surface area contributed by atoms with E-state index in [9.17, 15) is 9.59 Å². The molecule has 1 heterocycles. The Labute approximate surface area is 130 Å². The van der Waals surface area contributed by atoms with Gasteiger partial charge in [-0.2, -0.15) is 5.26 Å². The van der Waals surface area contributed by atoms with Crippen molar-refractivity contribution in [2.75, 3.05) is 31.5 Å². The fourth-order valence-corrected chi connectivity index (χ4v) is 2.50. The SMILES string of the molecule is CC(=O)N1CCN(C(C)C(=O)Nc2cccc(C#N)c2)CC1. The maximum absolute atomic E-state index is 12.3. The molecule has 0 aromatic heterocycles. The molecule has 1 aliphatic heterocycles. The number of carbonyl (C=O) groups excluding carboxylic acids is 2. The van der Waals surface area contributed by atoms with Gasteiger partial charge in [0.15, 0.2) is 0 Å². The molecule has 1 atom stereocenters. The van der Waals surface area contributed by atoms with E-state index in [4.69, 9.17) is 5.26 Å². The lowest BCUT2D eigenvalue weighted by molar-refractivity contribution is -0.131. The molecule has 0 saturated carbocycles. The third kappa shape index (κ3) is 3.83. The summed E-state index contributed by atoms with van der Waals surface area (Å²) in [6.07, 6.45) is 0. The molecular formula is C16H20N4O2. The first-order valence-corrected chi connectivity index (χ1v) is 7.32. The van der Waals surface area contributed by atoms with Crippen molar-refractivity contribution in [1.29, 1.82) is 5.26 Å². The Morgan fingerprint density at radius 2 is 1.95 bits per heavy atom. The van der Waals surface area contributed by atoms with Gasteiger partial charge in [-0.3, -0.25) is 14.5 Å². The normalized spacial score (nSPS) is 16.7.